The average Bonchev–Trinajstić information content (AvgIpc) is 2.73. The van der Waals surface area contributed by atoms with Crippen molar-refractivity contribution in [1.82, 2.24) is 0 Å². The second kappa shape index (κ2) is 8.75. The van der Waals surface area contributed by atoms with Gasteiger partial charge in [-0.2, -0.15) is 10.5 Å². The van der Waals surface area contributed by atoms with Crippen molar-refractivity contribution in [3.05, 3.63) is 64.2 Å². The highest BCUT2D eigenvalue weighted by molar-refractivity contribution is 7.99. The Morgan fingerprint density at radius 2 is 1.83 bits per heavy atom. The predicted octanol–water partition coefficient (Wildman–Crippen LogP) is 3.53. The number of hydrogen-bond acceptors (Lipinski definition) is 7. The van der Waals surface area contributed by atoms with Crippen LogP contribution < -0.4 is 10.7 Å². The Morgan fingerprint density at radius 1 is 1.10 bits per heavy atom. The molecule has 148 valence electrons. The Hall–Kier alpha value is -3.72. The number of anilines is 1. The number of halogens is 1. The van der Waals surface area contributed by atoms with Gasteiger partial charge in [0.05, 0.1) is 5.75 Å². The number of nitrogens with zero attached hydrogens (tertiary/aromatic N) is 2. The Labute approximate surface area is 181 Å². The highest BCUT2D eigenvalue weighted by Crippen LogP contribution is 2.35. The smallest absolute Gasteiger partial charge is 0.289 e. The van der Waals surface area contributed by atoms with E-state index in [0.29, 0.717) is 21.2 Å². The van der Waals surface area contributed by atoms with E-state index in [9.17, 15) is 25.5 Å². The second-order valence-electron chi connectivity index (χ2n) is 6.14. The number of thioether (sulfide) groups is 1. The number of Topliss-reactive ketones (excluding diaryl/α,β-unsaturated/α-hetero) is 1. The first-order valence-electron chi connectivity index (χ1n) is 8.48. The minimum Gasteiger partial charge on any atom is -0.504 e. The van der Waals surface area contributed by atoms with Crippen LogP contribution in [0.5, 0.6) is 11.5 Å². The summed E-state index contributed by atoms with van der Waals surface area (Å²) in [5.41, 5.74) is 7.35. The quantitative estimate of drug-likeness (QED) is 0.314. The number of nitrogens with two attached hydrogens (primary N) is 1. The van der Waals surface area contributed by atoms with Crippen LogP contribution in [0.3, 0.4) is 0 Å². The van der Waals surface area contributed by atoms with Crippen molar-refractivity contribution in [2.45, 2.75) is 5.03 Å². The van der Waals surface area contributed by atoms with E-state index in [2.05, 4.69) is 11.1 Å². The lowest BCUT2D eigenvalue weighted by Gasteiger charge is -2.10. The number of nitrogens with one attached hydrogen (secondary N) is 1. The number of pyridine rings is 1. The second-order valence-corrected chi connectivity index (χ2v) is 7.56. The molecule has 0 bridgehead atoms. The number of nitriles is 2. The molecule has 5 N–H and O–H groups in total. The van der Waals surface area contributed by atoms with E-state index < -0.39 is 5.75 Å². The zero-order valence-electron chi connectivity index (χ0n) is 15.3. The third kappa shape index (κ3) is 4.15. The largest absolute Gasteiger partial charge is 0.504 e. The van der Waals surface area contributed by atoms with Gasteiger partial charge in [-0.25, -0.2) is 4.98 Å². The molecule has 0 aliphatic rings. The zero-order valence-corrected chi connectivity index (χ0v) is 16.9. The van der Waals surface area contributed by atoms with E-state index in [1.807, 2.05) is 6.07 Å². The van der Waals surface area contributed by atoms with Gasteiger partial charge >= 0.3 is 0 Å². The first-order valence-corrected chi connectivity index (χ1v) is 9.85. The third-order valence-corrected chi connectivity index (χ3v) is 5.46. The Kier molecular flexibility index (Phi) is 6.12. The number of benzene rings is 2. The summed E-state index contributed by atoms with van der Waals surface area (Å²) < 4.78 is 0. The van der Waals surface area contributed by atoms with Gasteiger partial charge in [0.25, 0.3) is 5.82 Å². The summed E-state index contributed by atoms with van der Waals surface area (Å²) in [5.74, 6) is -1.08. The van der Waals surface area contributed by atoms with Crippen LogP contribution in [0.15, 0.2) is 47.5 Å². The molecule has 0 aliphatic heterocycles. The van der Waals surface area contributed by atoms with Gasteiger partial charge in [0.1, 0.15) is 23.3 Å². The van der Waals surface area contributed by atoms with Crippen LogP contribution in [0.1, 0.15) is 21.5 Å². The van der Waals surface area contributed by atoms with Crippen molar-refractivity contribution in [2.24, 2.45) is 0 Å². The molecule has 0 saturated heterocycles. The number of rotatable bonds is 5. The molecule has 1 aromatic heterocycles. The summed E-state index contributed by atoms with van der Waals surface area (Å²) in [6.45, 7) is 0. The van der Waals surface area contributed by atoms with Crippen LogP contribution in [0.4, 0.5) is 5.82 Å². The van der Waals surface area contributed by atoms with Gasteiger partial charge in [-0.15, -0.1) is 0 Å². The molecule has 30 heavy (non-hydrogen) atoms. The van der Waals surface area contributed by atoms with Crippen molar-refractivity contribution in [2.75, 3.05) is 11.5 Å². The lowest BCUT2D eigenvalue weighted by molar-refractivity contribution is -0.410. The number of ketones is 1. The molecule has 0 radical (unpaired) electrons. The fraction of sp³-hybridized carbons (Fsp3) is 0.0476. The molecule has 0 aliphatic carbocycles. The lowest BCUT2D eigenvalue weighted by atomic mass is 9.97. The van der Waals surface area contributed by atoms with Gasteiger partial charge in [0, 0.05) is 16.1 Å². The molecule has 3 rings (SSSR count). The lowest BCUT2D eigenvalue weighted by Crippen LogP contribution is -2.19. The molecule has 0 amide bonds. The number of phenols is 2. The number of phenolic OH excluding ortho intramolecular Hbond substituents is 2. The number of nitrogen functional groups attached to an aromatic ring is 1. The topological polar surface area (TPSA) is 145 Å². The highest BCUT2D eigenvalue weighted by Gasteiger charge is 2.24. The summed E-state index contributed by atoms with van der Waals surface area (Å²) in [4.78, 5) is 15.3. The standard InChI is InChI=1S/C21H13ClN4O3S/c22-13-3-1-2-12(6-13)19-14(8-23)20(25)26-21(15(19)9-24)30-10-18(29)11-4-5-16(27)17(28)7-11/h1-7,27-28H,10H2,(H2,25,26)/p+1. The maximum absolute atomic E-state index is 12.5. The molecule has 3 aromatic rings. The number of hydrogen-bond donors (Lipinski definition) is 3. The van der Waals surface area contributed by atoms with Crippen molar-refractivity contribution in [3.63, 3.8) is 0 Å². The van der Waals surface area contributed by atoms with Gasteiger partial charge in [0.2, 0.25) is 0 Å². The van der Waals surface area contributed by atoms with E-state index in [1.54, 1.807) is 24.3 Å². The number of carbonyl (C=O) groups is 1. The van der Waals surface area contributed by atoms with Crippen LogP contribution in [0.25, 0.3) is 11.1 Å². The SMILES string of the molecule is N#Cc1c(N)[nH+]c(SCC(=O)c2ccc(O)c(O)c2)c(C#N)c1-c1cccc(Cl)c1. The summed E-state index contributed by atoms with van der Waals surface area (Å²) >= 11 is 7.10. The van der Waals surface area contributed by atoms with Crippen LogP contribution in [0, 0.1) is 22.7 Å². The highest BCUT2D eigenvalue weighted by atomic mass is 35.5. The minimum absolute atomic E-state index is 0.0590. The summed E-state index contributed by atoms with van der Waals surface area (Å²) in [7, 11) is 0. The van der Waals surface area contributed by atoms with E-state index in [1.165, 1.54) is 12.1 Å². The third-order valence-electron chi connectivity index (χ3n) is 4.23. The monoisotopic (exact) mass is 437 g/mol. The summed E-state index contributed by atoms with van der Waals surface area (Å²) in [6, 6.07) is 14.6. The molecule has 0 spiro atoms. The van der Waals surface area contributed by atoms with Crippen molar-refractivity contribution < 1.29 is 20.0 Å². The van der Waals surface area contributed by atoms with E-state index in [4.69, 9.17) is 17.3 Å². The first-order chi connectivity index (χ1) is 14.3. The van der Waals surface area contributed by atoms with E-state index in [-0.39, 0.29) is 39.8 Å². The number of carbonyl (C=O) groups excluding carboxylic acids is 1. The first kappa shape index (κ1) is 21.0. The molecular formula is C21H14ClN4O3S+. The van der Waals surface area contributed by atoms with Crippen molar-refractivity contribution in [3.8, 4) is 34.8 Å². The van der Waals surface area contributed by atoms with Gasteiger partial charge in [0.15, 0.2) is 22.3 Å². The van der Waals surface area contributed by atoms with Crippen LogP contribution in [-0.2, 0) is 0 Å². The molecule has 7 nitrogen and oxygen atoms in total. The van der Waals surface area contributed by atoms with Crippen LogP contribution in [0.2, 0.25) is 5.02 Å². The molecule has 0 atom stereocenters. The summed E-state index contributed by atoms with van der Waals surface area (Å²) in [6.07, 6.45) is 0. The minimum atomic E-state index is -0.402. The predicted molar refractivity (Wildman–Crippen MR) is 112 cm³/mol. The Bertz CT molecular complexity index is 1250. The average molecular weight is 438 g/mol. The number of aromatic hydroxyl groups is 2. The summed E-state index contributed by atoms with van der Waals surface area (Å²) in [5, 5.41) is 39.1. The fourth-order valence-corrected chi connectivity index (χ4v) is 3.91. The zero-order chi connectivity index (χ0) is 21.8. The van der Waals surface area contributed by atoms with Gasteiger partial charge in [-0.3, -0.25) is 10.5 Å². The molecule has 1 heterocycles. The molecule has 9 heteroatoms. The Balaban J connectivity index is 2.01. The molecule has 0 fully saturated rings. The maximum Gasteiger partial charge on any atom is 0.289 e. The van der Waals surface area contributed by atoms with Gasteiger partial charge in [-0.1, -0.05) is 35.5 Å². The molecule has 0 saturated carbocycles. The van der Waals surface area contributed by atoms with Gasteiger partial charge < -0.3 is 10.2 Å². The van der Waals surface area contributed by atoms with E-state index >= 15 is 0 Å². The van der Waals surface area contributed by atoms with Crippen molar-refractivity contribution >= 4 is 35.0 Å². The number of aromatic nitrogens is 1. The van der Waals surface area contributed by atoms with Gasteiger partial charge in [-0.05, 0) is 35.9 Å². The van der Waals surface area contributed by atoms with Crippen LogP contribution >= 0.6 is 23.4 Å². The Morgan fingerprint density at radius 3 is 2.47 bits per heavy atom. The fourth-order valence-electron chi connectivity index (χ4n) is 2.80. The maximum atomic E-state index is 12.5. The molecular weight excluding hydrogens is 424 g/mol. The number of aromatic amines is 1. The molecule has 2 aromatic carbocycles. The van der Waals surface area contributed by atoms with Crippen LogP contribution in [-0.4, -0.2) is 21.7 Å². The number of H-pyrrole nitrogens is 1. The van der Waals surface area contributed by atoms with E-state index in [0.717, 1.165) is 17.8 Å². The molecule has 0 unspecified atom stereocenters. The normalized spacial score (nSPS) is 10.2. The van der Waals surface area contributed by atoms with Crippen molar-refractivity contribution in [1.29, 1.82) is 10.5 Å².